The van der Waals surface area contributed by atoms with Gasteiger partial charge in [-0.3, -0.25) is 0 Å². The highest BCUT2D eigenvalue weighted by Crippen LogP contribution is 2.60. The molecule has 2 rings (SSSR count). The smallest absolute Gasteiger partial charge is 0.00452 e. The van der Waals surface area contributed by atoms with E-state index in [-0.39, 0.29) is 0 Å². The second-order valence-electron chi connectivity index (χ2n) is 6.43. The van der Waals surface area contributed by atoms with Crippen molar-refractivity contribution in [2.45, 2.75) is 52.9 Å². The van der Waals surface area contributed by atoms with E-state index in [2.05, 4.69) is 33.9 Å². The van der Waals surface area contributed by atoms with E-state index in [1.807, 2.05) is 0 Å². The van der Waals surface area contributed by atoms with Crippen LogP contribution in [0.3, 0.4) is 0 Å². The molecule has 15 heavy (non-hydrogen) atoms. The number of hydrogen-bond donors (Lipinski definition) is 0. The van der Waals surface area contributed by atoms with Crippen molar-refractivity contribution in [3.63, 3.8) is 0 Å². The van der Waals surface area contributed by atoms with Gasteiger partial charge in [0.25, 0.3) is 0 Å². The molecule has 0 bridgehead atoms. The van der Waals surface area contributed by atoms with E-state index in [1.54, 1.807) is 0 Å². The first-order valence-electron chi connectivity index (χ1n) is 6.25. The summed E-state index contributed by atoms with van der Waals surface area (Å²) in [5.74, 6) is 0.816. The fourth-order valence-electron chi connectivity index (χ4n) is 4.07. The molecule has 0 amide bonds. The Labute approximate surface area is 94.5 Å². The van der Waals surface area contributed by atoms with Crippen LogP contribution < -0.4 is 0 Å². The fourth-order valence-corrected chi connectivity index (χ4v) is 4.07. The zero-order valence-electron chi connectivity index (χ0n) is 10.5. The van der Waals surface area contributed by atoms with Gasteiger partial charge in [0, 0.05) is 0 Å². The normalized spacial score (nSPS) is 40.1. The lowest BCUT2D eigenvalue weighted by molar-refractivity contribution is 0.0135. The summed E-state index contributed by atoms with van der Waals surface area (Å²) in [6.07, 6.45) is 6.54. The number of allylic oxidation sites excluding steroid dienone is 2. The quantitative estimate of drug-likeness (QED) is 0.535. The molecule has 1 unspecified atom stereocenters. The van der Waals surface area contributed by atoms with E-state index in [9.17, 15) is 0 Å². The Morgan fingerprint density at radius 3 is 2.47 bits per heavy atom. The molecule has 2 aliphatic rings. The van der Waals surface area contributed by atoms with E-state index in [4.69, 9.17) is 0 Å². The van der Waals surface area contributed by atoms with Gasteiger partial charge in [-0.1, -0.05) is 45.9 Å². The monoisotopic (exact) mass is 204 g/mol. The third-order valence-electron chi connectivity index (χ3n) is 5.08. The summed E-state index contributed by atoms with van der Waals surface area (Å²) < 4.78 is 0. The summed E-state index contributed by atoms with van der Waals surface area (Å²) >= 11 is 0. The summed E-state index contributed by atoms with van der Waals surface area (Å²) in [7, 11) is 0. The van der Waals surface area contributed by atoms with Gasteiger partial charge in [-0.15, -0.1) is 0 Å². The van der Waals surface area contributed by atoms with Gasteiger partial charge in [-0.2, -0.15) is 0 Å². The molecule has 0 spiro atoms. The van der Waals surface area contributed by atoms with Gasteiger partial charge in [0.05, 0.1) is 0 Å². The SMILES string of the molecule is C=C1CCC2C(C)(C)CCC[C@]2(C)C1=C. The van der Waals surface area contributed by atoms with Crippen LogP contribution in [0.1, 0.15) is 52.9 Å². The number of rotatable bonds is 0. The van der Waals surface area contributed by atoms with E-state index in [1.165, 1.54) is 43.3 Å². The Morgan fingerprint density at radius 2 is 1.80 bits per heavy atom. The van der Waals surface area contributed by atoms with Gasteiger partial charge in [0.1, 0.15) is 0 Å². The highest BCUT2D eigenvalue weighted by molar-refractivity contribution is 5.36. The van der Waals surface area contributed by atoms with Crippen LogP contribution in [0.15, 0.2) is 24.3 Å². The minimum Gasteiger partial charge on any atom is -0.0956 e. The molecule has 84 valence electrons. The predicted octanol–water partition coefficient (Wildman–Crippen LogP) is 4.73. The van der Waals surface area contributed by atoms with Crippen LogP contribution >= 0.6 is 0 Å². The molecular formula is C15H24. The highest BCUT2D eigenvalue weighted by atomic mass is 14.5. The first-order valence-corrected chi connectivity index (χ1v) is 6.25. The van der Waals surface area contributed by atoms with Crippen molar-refractivity contribution in [3.8, 4) is 0 Å². The van der Waals surface area contributed by atoms with E-state index in [0.717, 1.165) is 5.92 Å². The van der Waals surface area contributed by atoms with Crippen LogP contribution in [0.2, 0.25) is 0 Å². The van der Waals surface area contributed by atoms with Crippen molar-refractivity contribution < 1.29 is 0 Å². The van der Waals surface area contributed by atoms with Crippen molar-refractivity contribution in [1.82, 2.24) is 0 Å². The summed E-state index contributed by atoms with van der Waals surface area (Å²) in [5.41, 5.74) is 3.51. The molecule has 2 atom stereocenters. The number of fused-ring (bicyclic) bond motifs is 1. The molecule has 0 aliphatic heterocycles. The molecule has 0 N–H and O–H groups in total. The van der Waals surface area contributed by atoms with Crippen LogP contribution in [0, 0.1) is 16.7 Å². The van der Waals surface area contributed by atoms with Gasteiger partial charge in [0.2, 0.25) is 0 Å². The third kappa shape index (κ3) is 1.49. The van der Waals surface area contributed by atoms with Gasteiger partial charge in [-0.25, -0.2) is 0 Å². The Bertz CT molecular complexity index is 308. The molecule has 0 saturated heterocycles. The van der Waals surface area contributed by atoms with Gasteiger partial charge < -0.3 is 0 Å². The van der Waals surface area contributed by atoms with Gasteiger partial charge in [0.15, 0.2) is 0 Å². The lowest BCUT2D eigenvalue weighted by atomic mass is 9.50. The molecule has 2 fully saturated rings. The van der Waals surface area contributed by atoms with Crippen molar-refractivity contribution in [1.29, 1.82) is 0 Å². The predicted molar refractivity (Wildman–Crippen MR) is 66.7 cm³/mol. The largest absolute Gasteiger partial charge is 0.0956 e. The summed E-state index contributed by atoms with van der Waals surface area (Å²) in [5, 5.41) is 0. The molecule has 0 aromatic heterocycles. The maximum Gasteiger partial charge on any atom is -0.00452 e. The van der Waals surface area contributed by atoms with Crippen LogP contribution in [-0.4, -0.2) is 0 Å². The van der Waals surface area contributed by atoms with E-state index in [0.29, 0.717) is 10.8 Å². The van der Waals surface area contributed by atoms with E-state index < -0.39 is 0 Å². The lowest BCUT2D eigenvalue weighted by Crippen LogP contribution is -2.45. The Hall–Kier alpha value is -0.520. The van der Waals surface area contributed by atoms with E-state index >= 15 is 0 Å². The molecular weight excluding hydrogens is 180 g/mol. The average Bonchev–Trinajstić information content (AvgIpc) is 2.12. The van der Waals surface area contributed by atoms with Gasteiger partial charge >= 0.3 is 0 Å². The summed E-state index contributed by atoms with van der Waals surface area (Å²) in [4.78, 5) is 0. The molecule has 0 aromatic rings. The van der Waals surface area contributed by atoms with Crippen LogP contribution in [0.5, 0.6) is 0 Å². The average molecular weight is 204 g/mol. The van der Waals surface area contributed by atoms with Gasteiger partial charge in [-0.05, 0) is 48.0 Å². The number of hydrogen-bond acceptors (Lipinski definition) is 0. The molecule has 0 heterocycles. The summed E-state index contributed by atoms with van der Waals surface area (Å²) in [6, 6.07) is 0. The summed E-state index contributed by atoms with van der Waals surface area (Å²) in [6.45, 7) is 15.8. The second-order valence-corrected chi connectivity index (χ2v) is 6.43. The van der Waals surface area contributed by atoms with Crippen LogP contribution in [-0.2, 0) is 0 Å². The minimum atomic E-state index is 0.344. The van der Waals surface area contributed by atoms with Crippen molar-refractivity contribution in [2.75, 3.05) is 0 Å². The zero-order valence-corrected chi connectivity index (χ0v) is 10.5. The minimum absolute atomic E-state index is 0.344. The Balaban J connectivity index is 2.38. The maximum atomic E-state index is 4.32. The molecule has 0 aromatic carbocycles. The molecule has 0 heteroatoms. The first-order chi connectivity index (χ1) is 6.88. The standard InChI is InChI=1S/C15H24/c1-11-7-8-13-14(3,4)9-6-10-15(13,5)12(11)2/h13H,1-2,6-10H2,3-5H3/t13?,15-/m1/s1. The first kappa shape index (κ1) is 11.0. The molecule has 2 aliphatic carbocycles. The third-order valence-corrected chi connectivity index (χ3v) is 5.08. The molecule has 0 nitrogen and oxygen atoms in total. The van der Waals surface area contributed by atoms with Crippen LogP contribution in [0.4, 0.5) is 0 Å². The fraction of sp³-hybridized carbons (Fsp3) is 0.733. The zero-order chi connectivity index (χ0) is 11.3. The van der Waals surface area contributed by atoms with Crippen molar-refractivity contribution >= 4 is 0 Å². The topological polar surface area (TPSA) is 0 Å². The maximum absolute atomic E-state index is 4.32. The Morgan fingerprint density at radius 1 is 1.13 bits per heavy atom. The second kappa shape index (κ2) is 3.23. The highest BCUT2D eigenvalue weighted by Gasteiger charge is 2.49. The lowest BCUT2D eigenvalue weighted by Gasteiger charge is -2.55. The molecule has 0 radical (unpaired) electrons. The van der Waals surface area contributed by atoms with Crippen molar-refractivity contribution in [3.05, 3.63) is 24.3 Å². The van der Waals surface area contributed by atoms with Crippen molar-refractivity contribution in [2.24, 2.45) is 16.7 Å². The molecule has 2 saturated carbocycles. The van der Waals surface area contributed by atoms with Crippen LogP contribution in [0.25, 0.3) is 0 Å². The Kier molecular flexibility index (Phi) is 2.37.